The number of nitrogens with one attached hydrogen (secondary N) is 2. The van der Waals surface area contributed by atoms with Crippen LogP contribution in [0, 0.1) is 10.1 Å². The van der Waals surface area contributed by atoms with E-state index in [1.54, 1.807) is 0 Å². The molecule has 0 unspecified atom stereocenters. The van der Waals surface area contributed by atoms with Crippen LogP contribution in [0.4, 0.5) is 11.4 Å². The molecule has 0 aromatic heterocycles. The average molecular weight is 292 g/mol. The molecule has 0 saturated carbocycles. The van der Waals surface area contributed by atoms with E-state index in [4.69, 9.17) is 23.2 Å². The van der Waals surface area contributed by atoms with Crippen molar-refractivity contribution in [3.63, 3.8) is 0 Å². The van der Waals surface area contributed by atoms with Crippen LogP contribution in [0.25, 0.3) is 0 Å². The third-order valence-corrected chi connectivity index (χ3v) is 3.05. The Kier molecular flexibility index (Phi) is 6.18. The minimum Gasteiger partial charge on any atom is -0.379 e. The Morgan fingerprint density at radius 2 is 1.94 bits per heavy atom. The van der Waals surface area contributed by atoms with E-state index in [1.807, 2.05) is 6.92 Å². The Hall–Kier alpha value is -1.04. The van der Waals surface area contributed by atoms with Gasteiger partial charge in [-0.25, -0.2) is 0 Å². The first kappa shape index (κ1) is 15.0. The summed E-state index contributed by atoms with van der Waals surface area (Å²) in [5.74, 6) is 0. The Balaban J connectivity index is 2.68. The number of nitro groups is 1. The van der Waals surface area contributed by atoms with E-state index in [0.29, 0.717) is 17.3 Å². The molecule has 0 heterocycles. The van der Waals surface area contributed by atoms with Crippen LogP contribution < -0.4 is 10.6 Å². The summed E-state index contributed by atoms with van der Waals surface area (Å²) >= 11 is 11.6. The first-order chi connectivity index (χ1) is 8.56. The maximum Gasteiger partial charge on any atom is 0.293 e. The van der Waals surface area contributed by atoms with E-state index in [-0.39, 0.29) is 10.7 Å². The predicted molar refractivity (Wildman–Crippen MR) is 74.8 cm³/mol. The van der Waals surface area contributed by atoms with Gasteiger partial charge in [0.25, 0.3) is 5.69 Å². The molecule has 1 rings (SSSR count). The monoisotopic (exact) mass is 291 g/mol. The highest BCUT2D eigenvalue weighted by Gasteiger charge is 2.16. The minimum atomic E-state index is -0.477. The van der Waals surface area contributed by atoms with Crippen molar-refractivity contribution in [2.45, 2.75) is 13.3 Å². The Labute approximate surface area is 116 Å². The van der Waals surface area contributed by atoms with Gasteiger partial charge in [0.15, 0.2) is 0 Å². The largest absolute Gasteiger partial charge is 0.379 e. The van der Waals surface area contributed by atoms with E-state index in [0.717, 1.165) is 19.5 Å². The molecule has 0 bridgehead atoms. The molecule has 2 N–H and O–H groups in total. The van der Waals surface area contributed by atoms with Crippen molar-refractivity contribution in [3.05, 3.63) is 32.3 Å². The molecule has 0 fully saturated rings. The maximum absolute atomic E-state index is 10.9. The lowest BCUT2D eigenvalue weighted by Gasteiger charge is -2.08. The highest BCUT2D eigenvalue weighted by Crippen LogP contribution is 2.33. The lowest BCUT2D eigenvalue weighted by Crippen LogP contribution is -2.17. The van der Waals surface area contributed by atoms with E-state index < -0.39 is 4.92 Å². The first-order valence-electron chi connectivity index (χ1n) is 5.64. The lowest BCUT2D eigenvalue weighted by atomic mass is 10.2. The highest BCUT2D eigenvalue weighted by molar-refractivity contribution is 6.42. The molecule has 1 aromatic rings. The molecule has 7 heteroatoms. The molecular formula is C11H15Cl2N3O2. The smallest absolute Gasteiger partial charge is 0.293 e. The summed E-state index contributed by atoms with van der Waals surface area (Å²) < 4.78 is 0. The van der Waals surface area contributed by atoms with Crippen LogP contribution in [0.1, 0.15) is 13.3 Å². The van der Waals surface area contributed by atoms with Crippen molar-refractivity contribution in [2.24, 2.45) is 0 Å². The number of anilines is 1. The summed E-state index contributed by atoms with van der Waals surface area (Å²) in [7, 11) is 0. The molecule has 0 radical (unpaired) electrons. The van der Waals surface area contributed by atoms with Gasteiger partial charge in [-0.2, -0.15) is 0 Å². The van der Waals surface area contributed by atoms with Crippen LogP contribution >= 0.6 is 23.2 Å². The molecule has 0 aliphatic heterocycles. The third kappa shape index (κ3) is 4.33. The molecule has 18 heavy (non-hydrogen) atoms. The molecule has 1 aromatic carbocycles. The number of hydrogen-bond donors (Lipinski definition) is 2. The Morgan fingerprint density at radius 1 is 1.28 bits per heavy atom. The molecule has 0 aliphatic carbocycles. The second-order valence-corrected chi connectivity index (χ2v) is 4.49. The molecule has 0 amide bonds. The van der Waals surface area contributed by atoms with E-state index in [9.17, 15) is 10.1 Å². The fourth-order valence-corrected chi connectivity index (χ4v) is 1.76. The number of halogens is 2. The van der Waals surface area contributed by atoms with Crippen molar-refractivity contribution >= 4 is 34.6 Å². The van der Waals surface area contributed by atoms with Crippen molar-refractivity contribution in [3.8, 4) is 0 Å². The number of nitro benzene ring substituents is 1. The van der Waals surface area contributed by atoms with Crippen LogP contribution in [-0.4, -0.2) is 24.6 Å². The zero-order chi connectivity index (χ0) is 13.5. The van der Waals surface area contributed by atoms with E-state index in [2.05, 4.69) is 10.6 Å². The molecule has 0 saturated heterocycles. The summed E-state index contributed by atoms with van der Waals surface area (Å²) in [6, 6.07) is 2.74. The van der Waals surface area contributed by atoms with Crippen molar-refractivity contribution in [1.29, 1.82) is 0 Å². The average Bonchev–Trinajstić information content (AvgIpc) is 2.32. The fourth-order valence-electron chi connectivity index (χ4n) is 1.44. The quantitative estimate of drug-likeness (QED) is 0.459. The lowest BCUT2D eigenvalue weighted by molar-refractivity contribution is -0.383. The number of hydrogen-bond acceptors (Lipinski definition) is 4. The fraction of sp³-hybridized carbons (Fsp3) is 0.455. The molecule has 0 aliphatic rings. The van der Waals surface area contributed by atoms with Gasteiger partial charge < -0.3 is 10.6 Å². The van der Waals surface area contributed by atoms with Crippen LogP contribution in [-0.2, 0) is 0 Å². The SMILES string of the molecule is CCNCCCNc1cc(Cl)c(Cl)cc1[N+](=O)[O-]. The summed E-state index contributed by atoms with van der Waals surface area (Å²) in [6.45, 7) is 4.43. The van der Waals surface area contributed by atoms with E-state index >= 15 is 0 Å². The maximum atomic E-state index is 10.9. The van der Waals surface area contributed by atoms with Crippen molar-refractivity contribution in [1.82, 2.24) is 5.32 Å². The minimum absolute atomic E-state index is 0.0622. The Morgan fingerprint density at radius 3 is 2.56 bits per heavy atom. The molecular weight excluding hydrogens is 277 g/mol. The molecule has 5 nitrogen and oxygen atoms in total. The van der Waals surface area contributed by atoms with Gasteiger partial charge >= 0.3 is 0 Å². The van der Waals surface area contributed by atoms with Crippen LogP contribution in [0.3, 0.4) is 0 Å². The van der Waals surface area contributed by atoms with Gasteiger partial charge in [0, 0.05) is 12.6 Å². The topological polar surface area (TPSA) is 67.2 Å². The second-order valence-electron chi connectivity index (χ2n) is 3.67. The summed E-state index contributed by atoms with van der Waals surface area (Å²) in [6.07, 6.45) is 0.866. The summed E-state index contributed by atoms with van der Waals surface area (Å²) in [5.41, 5.74) is 0.332. The van der Waals surface area contributed by atoms with Crippen LogP contribution in [0.15, 0.2) is 12.1 Å². The summed E-state index contributed by atoms with van der Waals surface area (Å²) in [5, 5.41) is 17.5. The number of benzene rings is 1. The van der Waals surface area contributed by atoms with Gasteiger partial charge in [-0.05, 0) is 25.6 Å². The second kappa shape index (κ2) is 7.41. The van der Waals surface area contributed by atoms with Crippen molar-refractivity contribution in [2.75, 3.05) is 25.0 Å². The number of nitrogens with zero attached hydrogens (tertiary/aromatic N) is 1. The standard InChI is InChI=1S/C11H15Cl2N3O2/c1-2-14-4-3-5-15-10-6-8(12)9(13)7-11(10)16(17)18/h6-7,14-15H,2-5H2,1H3. The van der Waals surface area contributed by atoms with Gasteiger partial charge in [-0.15, -0.1) is 0 Å². The molecule has 0 spiro atoms. The van der Waals surface area contributed by atoms with Gasteiger partial charge in [-0.1, -0.05) is 30.1 Å². The number of rotatable bonds is 7. The first-order valence-corrected chi connectivity index (χ1v) is 6.40. The van der Waals surface area contributed by atoms with Gasteiger partial charge in [0.2, 0.25) is 0 Å². The zero-order valence-electron chi connectivity index (χ0n) is 10.0. The predicted octanol–water partition coefficient (Wildman–Crippen LogP) is 3.31. The highest BCUT2D eigenvalue weighted by atomic mass is 35.5. The Bertz CT molecular complexity index is 427. The van der Waals surface area contributed by atoms with Crippen LogP contribution in [0.5, 0.6) is 0 Å². The van der Waals surface area contributed by atoms with Crippen molar-refractivity contribution < 1.29 is 4.92 Å². The molecule has 0 atom stereocenters. The zero-order valence-corrected chi connectivity index (χ0v) is 11.5. The normalized spacial score (nSPS) is 10.4. The van der Waals surface area contributed by atoms with Gasteiger partial charge in [0.05, 0.1) is 15.0 Å². The third-order valence-electron chi connectivity index (χ3n) is 2.33. The van der Waals surface area contributed by atoms with E-state index in [1.165, 1.54) is 12.1 Å². The molecule has 100 valence electrons. The van der Waals surface area contributed by atoms with Gasteiger partial charge in [-0.3, -0.25) is 10.1 Å². The van der Waals surface area contributed by atoms with Crippen LogP contribution in [0.2, 0.25) is 10.0 Å². The van der Waals surface area contributed by atoms with Gasteiger partial charge in [0.1, 0.15) is 5.69 Å². The summed E-state index contributed by atoms with van der Waals surface area (Å²) in [4.78, 5) is 10.4.